The summed E-state index contributed by atoms with van der Waals surface area (Å²) in [4.78, 5) is 8.80. The first-order chi connectivity index (χ1) is 13.3. The Kier molecular flexibility index (Phi) is 6.46. The van der Waals surface area contributed by atoms with Crippen LogP contribution in [0.25, 0.3) is 0 Å². The standard InChI is InChI=1S/C21H24N4O2/c1-3-16-6-4-5-7-19(16)24-21-23-13-12-20(25-21)22-14-15-27-18-10-8-17(26-2)9-11-18/h4-13H,3,14-15H2,1-2H3,(H2,22,23,24,25). The molecule has 0 amide bonds. The Morgan fingerprint density at radius 3 is 2.52 bits per heavy atom. The Labute approximate surface area is 159 Å². The third-order valence-corrected chi connectivity index (χ3v) is 4.04. The van der Waals surface area contributed by atoms with Crippen LogP contribution < -0.4 is 20.1 Å². The SMILES string of the molecule is CCc1ccccc1Nc1nccc(NCCOc2ccc(OC)cc2)n1. The molecule has 0 aliphatic carbocycles. The van der Waals surface area contributed by atoms with Crippen LogP contribution >= 0.6 is 0 Å². The highest BCUT2D eigenvalue weighted by Crippen LogP contribution is 2.20. The van der Waals surface area contributed by atoms with Gasteiger partial charge in [0.1, 0.15) is 23.9 Å². The second kappa shape index (κ2) is 9.43. The van der Waals surface area contributed by atoms with E-state index in [1.807, 2.05) is 48.5 Å². The number of para-hydroxylation sites is 1. The smallest absolute Gasteiger partial charge is 0.229 e. The molecule has 0 aliphatic rings. The third-order valence-electron chi connectivity index (χ3n) is 4.04. The highest BCUT2D eigenvalue weighted by Gasteiger charge is 2.03. The first-order valence-corrected chi connectivity index (χ1v) is 8.97. The molecule has 0 saturated heterocycles. The molecule has 6 heteroatoms. The van der Waals surface area contributed by atoms with E-state index in [0.29, 0.717) is 19.1 Å². The molecule has 0 spiro atoms. The Balaban J connectivity index is 1.51. The molecule has 1 aromatic heterocycles. The van der Waals surface area contributed by atoms with Crippen molar-refractivity contribution in [3.8, 4) is 11.5 Å². The van der Waals surface area contributed by atoms with Crippen molar-refractivity contribution in [2.45, 2.75) is 13.3 Å². The molecule has 0 radical (unpaired) electrons. The lowest BCUT2D eigenvalue weighted by atomic mass is 10.1. The van der Waals surface area contributed by atoms with Crippen LogP contribution in [0, 0.1) is 0 Å². The van der Waals surface area contributed by atoms with E-state index in [0.717, 1.165) is 29.4 Å². The van der Waals surface area contributed by atoms with E-state index in [9.17, 15) is 0 Å². The van der Waals surface area contributed by atoms with E-state index < -0.39 is 0 Å². The monoisotopic (exact) mass is 364 g/mol. The van der Waals surface area contributed by atoms with Crippen LogP contribution in [0.15, 0.2) is 60.8 Å². The molecule has 3 aromatic rings. The minimum atomic E-state index is 0.526. The van der Waals surface area contributed by atoms with Gasteiger partial charge < -0.3 is 20.1 Å². The number of hydrogen-bond donors (Lipinski definition) is 2. The van der Waals surface area contributed by atoms with E-state index in [1.54, 1.807) is 13.3 Å². The van der Waals surface area contributed by atoms with Crippen LogP contribution in [0.2, 0.25) is 0 Å². The van der Waals surface area contributed by atoms with Crippen molar-refractivity contribution in [3.05, 3.63) is 66.4 Å². The van der Waals surface area contributed by atoms with Gasteiger partial charge in [-0.25, -0.2) is 4.98 Å². The van der Waals surface area contributed by atoms with Crippen LogP contribution in [-0.2, 0) is 6.42 Å². The zero-order chi connectivity index (χ0) is 18.9. The summed E-state index contributed by atoms with van der Waals surface area (Å²) in [6.07, 6.45) is 2.68. The molecule has 27 heavy (non-hydrogen) atoms. The maximum atomic E-state index is 5.71. The second-order valence-corrected chi connectivity index (χ2v) is 5.85. The molecule has 3 rings (SSSR count). The third kappa shape index (κ3) is 5.34. The van der Waals surface area contributed by atoms with E-state index in [2.05, 4.69) is 33.6 Å². The van der Waals surface area contributed by atoms with Crippen molar-refractivity contribution in [2.24, 2.45) is 0 Å². The molecule has 2 aromatic carbocycles. The second-order valence-electron chi connectivity index (χ2n) is 5.85. The molecule has 2 N–H and O–H groups in total. The first-order valence-electron chi connectivity index (χ1n) is 8.97. The molecular weight excluding hydrogens is 340 g/mol. The summed E-state index contributed by atoms with van der Waals surface area (Å²) in [6, 6.07) is 17.5. The summed E-state index contributed by atoms with van der Waals surface area (Å²) >= 11 is 0. The maximum absolute atomic E-state index is 5.71. The van der Waals surface area contributed by atoms with Crippen molar-refractivity contribution in [1.82, 2.24) is 9.97 Å². The largest absolute Gasteiger partial charge is 0.497 e. The van der Waals surface area contributed by atoms with Crippen molar-refractivity contribution in [2.75, 3.05) is 30.9 Å². The number of aromatic nitrogens is 2. The number of benzene rings is 2. The summed E-state index contributed by atoms with van der Waals surface area (Å²) in [5.74, 6) is 2.93. The predicted molar refractivity (Wildman–Crippen MR) is 108 cm³/mol. The quantitative estimate of drug-likeness (QED) is 0.552. The molecule has 0 aliphatic heterocycles. The van der Waals surface area contributed by atoms with Gasteiger partial charge in [0.25, 0.3) is 0 Å². The summed E-state index contributed by atoms with van der Waals surface area (Å²) in [5, 5.41) is 6.54. The minimum Gasteiger partial charge on any atom is -0.497 e. The van der Waals surface area contributed by atoms with Gasteiger partial charge in [-0.3, -0.25) is 0 Å². The normalized spacial score (nSPS) is 10.3. The highest BCUT2D eigenvalue weighted by atomic mass is 16.5. The summed E-state index contributed by atoms with van der Waals surface area (Å²) in [5.41, 5.74) is 2.26. The maximum Gasteiger partial charge on any atom is 0.229 e. The summed E-state index contributed by atoms with van der Waals surface area (Å²) < 4.78 is 10.8. The van der Waals surface area contributed by atoms with Gasteiger partial charge in [-0.2, -0.15) is 4.98 Å². The van der Waals surface area contributed by atoms with Gasteiger partial charge in [0.2, 0.25) is 5.95 Å². The van der Waals surface area contributed by atoms with E-state index in [4.69, 9.17) is 9.47 Å². The lowest BCUT2D eigenvalue weighted by molar-refractivity contribution is 0.331. The van der Waals surface area contributed by atoms with Gasteiger partial charge in [-0.1, -0.05) is 25.1 Å². The molecule has 140 valence electrons. The van der Waals surface area contributed by atoms with E-state index in [-0.39, 0.29) is 0 Å². The zero-order valence-electron chi connectivity index (χ0n) is 15.6. The molecule has 0 saturated carbocycles. The average molecular weight is 364 g/mol. The zero-order valence-corrected chi connectivity index (χ0v) is 15.6. The van der Waals surface area contributed by atoms with Gasteiger partial charge in [0, 0.05) is 11.9 Å². The first kappa shape index (κ1) is 18.5. The van der Waals surface area contributed by atoms with Crippen molar-refractivity contribution >= 4 is 17.5 Å². The number of ether oxygens (including phenoxy) is 2. The number of nitrogens with zero attached hydrogens (tertiary/aromatic N) is 2. The topological polar surface area (TPSA) is 68.3 Å². The van der Waals surface area contributed by atoms with Crippen LogP contribution in [0.3, 0.4) is 0 Å². The summed E-state index contributed by atoms with van der Waals surface area (Å²) in [6.45, 7) is 3.29. The summed E-state index contributed by atoms with van der Waals surface area (Å²) in [7, 11) is 1.64. The van der Waals surface area contributed by atoms with E-state index >= 15 is 0 Å². The number of anilines is 3. The van der Waals surface area contributed by atoms with Crippen molar-refractivity contribution in [1.29, 1.82) is 0 Å². The van der Waals surface area contributed by atoms with Crippen LogP contribution in [0.4, 0.5) is 17.5 Å². The predicted octanol–water partition coefficient (Wildman–Crippen LogP) is 4.28. The van der Waals surface area contributed by atoms with Gasteiger partial charge >= 0.3 is 0 Å². The Bertz CT molecular complexity index is 853. The van der Waals surface area contributed by atoms with E-state index in [1.165, 1.54) is 5.56 Å². The highest BCUT2D eigenvalue weighted by molar-refractivity contribution is 5.59. The number of aryl methyl sites for hydroxylation is 1. The molecule has 6 nitrogen and oxygen atoms in total. The fourth-order valence-corrected chi connectivity index (χ4v) is 2.61. The molecule has 0 atom stereocenters. The number of nitrogens with one attached hydrogen (secondary N) is 2. The Morgan fingerprint density at radius 1 is 0.963 bits per heavy atom. The van der Waals surface area contributed by atoms with Crippen LogP contribution in [-0.4, -0.2) is 30.2 Å². The molecule has 0 bridgehead atoms. The van der Waals surface area contributed by atoms with Crippen LogP contribution in [0.1, 0.15) is 12.5 Å². The minimum absolute atomic E-state index is 0.526. The van der Waals surface area contributed by atoms with Gasteiger partial charge in [-0.05, 0) is 48.4 Å². The van der Waals surface area contributed by atoms with Gasteiger partial charge in [-0.15, -0.1) is 0 Å². The number of methoxy groups -OCH3 is 1. The molecular formula is C21H24N4O2. The molecule has 0 unspecified atom stereocenters. The van der Waals surface area contributed by atoms with Crippen LogP contribution in [0.5, 0.6) is 11.5 Å². The Morgan fingerprint density at radius 2 is 1.74 bits per heavy atom. The van der Waals surface area contributed by atoms with Crippen molar-refractivity contribution in [3.63, 3.8) is 0 Å². The lowest BCUT2D eigenvalue weighted by Gasteiger charge is -2.11. The average Bonchev–Trinajstić information content (AvgIpc) is 2.72. The fraction of sp³-hybridized carbons (Fsp3) is 0.238. The number of hydrogen-bond acceptors (Lipinski definition) is 6. The van der Waals surface area contributed by atoms with Gasteiger partial charge in [0.15, 0.2) is 0 Å². The van der Waals surface area contributed by atoms with Gasteiger partial charge in [0.05, 0.1) is 13.7 Å². The van der Waals surface area contributed by atoms with Crippen molar-refractivity contribution < 1.29 is 9.47 Å². The molecule has 0 fully saturated rings. The Hall–Kier alpha value is -3.28. The molecule has 1 heterocycles. The lowest BCUT2D eigenvalue weighted by Crippen LogP contribution is -2.13. The number of rotatable bonds is 9. The fourth-order valence-electron chi connectivity index (χ4n) is 2.61.